The SMILES string of the molecule is CC(C)c1cc(C2=[N+](c3ccc(Cl)cc3Cl)C(C(=O)NOC(F)(F)F)=C2)ccc1Cl. The standard InChI is InChI=1S/C20H14Cl3F3N2O2/c1-10(2)13-7-11(3-5-14(13)22)17-9-18(19(29)27-30-20(24,25)26)28(17)16-6-4-12(21)8-15(16)23/h3-10H,1-2H3/p+1. The first-order valence-electron chi connectivity index (χ1n) is 8.66. The number of amides is 1. The number of rotatable bonds is 5. The third-order valence-electron chi connectivity index (χ3n) is 4.31. The van der Waals surface area contributed by atoms with Crippen molar-refractivity contribution in [1.82, 2.24) is 5.48 Å². The first-order chi connectivity index (χ1) is 14.0. The van der Waals surface area contributed by atoms with Gasteiger partial charge in [0.15, 0.2) is 0 Å². The molecule has 1 heterocycles. The molecule has 3 rings (SSSR count). The third kappa shape index (κ3) is 4.81. The lowest BCUT2D eigenvalue weighted by atomic mass is 9.96. The summed E-state index contributed by atoms with van der Waals surface area (Å²) < 4.78 is 38.3. The predicted molar refractivity (Wildman–Crippen MR) is 109 cm³/mol. The number of alkyl halides is 3. The van der Waals surface area contributed by atoms with Gasteiger partial charge in [0.1, 0.15) is 5.02 Å². The van der Waals surface area contributed by atoms with Crippen LogP contribution in [0.1, 0.15) is 30.9 Å². The highest BCUT2D eigenvalue weighted by Gasteiger charge is 2.41. The Morgan fingerprint density at radius 3 is 2.37 bits per heavy atom. The molecule has 0 aromatic heterocycles. The van der Waals surface area contributed by atoms with E-state index in [1.165, 1.54) is 22.2 Å². The van der Waals surface area contributed by atoms with E-state index in [1.54, 1.807) is 24.3 Å². The zero-order valence-electron chi connectivity index (χ0n) is 15.7. The van der Waals surface area contributed by atoms with Crippen molar-refractivity contribution in [3.63, 3.8) is 0 Å². The van der Waals surface area contributed by atoms with Crippen molar-refractivity contribution in [2.24, 2.45) is 0 Å². The van der Waals surface area contributed by atoms with Gasteiger partial charge in [0.05, 0.1) is 6.08 Å². The lowest BCUT2D eigenvalue weighted by Gasteiger charge is -2.18. The molecule has 2 aromatic carbocycles. The van der Waals surface area contributed by atoms with E-state index in [2.05, 4.69) is 4.84 Å². The van der Waals surface area contributed by atoms with E-state index >= 15 is 0 Å². The molecule has 10 heteroatoms. The summed E-state index contributed by atoms with van der Waals surface area (Å²) in [6, 6.07) is 9.92. The van der Waals surface area contributed by atoms with Crippen molar-refractivity contribution in [2.45, 2.75) is 26.1 Å². The quantitative estimate of drug-likeness (QED) is 0.401. The summed E-state index contributed by atoms with van der Waals surface area (Å²) in [7, 11) is 0. The van der Waals surface area contributed by atoms with Crippen LogP contribution in [0, 0.1) is 0 Å². The molecule has 0 radical (unpaired) electrons. The van der Waals surface area contributed by atoms with E-state index in [0.29, 0.717) is 27.0 Å². The third-order valence-corrected chi connectivity index (χ3v) is 5.19. The van der Waals surface area contributed by atoms with E-state index in [4.69, 9.17) is 34.8 Å². The van der Waals surface area contributed by atoms with Crippen LogP contribution in [-0.2, 0) is 9.63 Å². The zero-order chi connectivity index (χ0) is 22.2. The summed E-state index contributed by atoms with van der Waals surface area (Å²) in [5.74, 6) is -0.947. The molecular weight excluding hydrogens is 464 g/mol. The van der Waals surface area contributed by atoms with Crippen LogP contribution in [0.4, 0.5) is 18.9 Å². The number of nitrogens with zero attached hydrogens (tertiary/aromatic N) is 1. The van der Waals surface area contributed by atoms with Crippen molar-refractivity contribution < 1.29 is 27.4 Å². The summed E-state index contributed by atoms with van der Waals surface area (Å²) in [5.41, 5.74) is 3.82. The monoisotopic (exact) mass is 477 g/mol. The maximum absolute atomic E-state index is 12.3. The minimum atomic E-state index is -5.02. The van der Waals surface area contributed by atoms with Crippen LogP contribution < -0.4 is 5.48 Å². The maximum atomic E-state index is 12.3. The zero-order valence-corrected chi connectivity index (χ0v) is 17.9. The summed E-state index contributed by atoms with van der Waals surface area (Å²) in [5, 5.41) is 1.17. The Morgan fingerprint density at radius 2 is 1.77 bits per heavy atom. The number of halogens is 6. The van der Waals surface area contributed by atoms with Gasteiger partial charge in [-0.1, -0.05) is 48.7 Å². The Kier molecular flexibility index (Phi) is 6.48. The second-order valence-electron chi connectivity index (χ2n) is 6.72. The highest BCUT2D eigenvalue weighted by atomic mass is 35.5. The molecule has 1 aliphatic heterocycles. The number of hydroxylamine groups is 1. The number of carbonyl (C=O) groups is 1. The van der Waals surface area contributed by atoms with E-state index in [-0.39, 0.29) is 16.6 Å². The van der Waals surface area contributed by atoms with Crippen LogP contribution in [-0.4, -0.2) is 22.6 Å². The molecule has 0 bridgehead atoms. The van der Waals surface area contributed by atoms with Gasteiger partial charge in [-0.05, 0) is 41.8 Å². The summed E-state index contributed by atoms with van der Waals surface area (Å²) in [6.45, 7) is 3.96. The van der Waals surface area contributed by atoms with Crippen LogP contribution >= 0.6 is 34.8 Å². The molecule has 158 valence electrons. The molecule has 0 saturated heterocycles. The van der Waals surface area contributed by atoms with Crippen molar-refractivity contribution >= 4 is 52.1 Å². The number of hydrogen-bond acceptors (Lipinski definition) is 2. The predicted octanol–water partition coefficient (Wildman–Crippen LogP) is 6.37. The van der Waals surface area contributed by atoms with Crippen LogP contribution in [0.5, 0.6) is 0 Å². The molecule has 1 aliphatic rings. The van der Waals surface area contributed by atoms with E-state index in [0.717, 1.165) is 5.56 Å². The molecule has 0 unspecified atom stereocenters. The summed E-state index contributed by atoms with van der Waals surface area (Å²) in [6.07, 6.45) is -3.58. The molecule has 1 amide bonds. The molecule has 4 nitrogen and oxygen atoms in total. The topological polar surface area (TPSA) is 41.3 Å². The number of allylic oxidation sites excluding steroid dienone is 1. The number of nitrogens with one attached hydrogen (secondary N) is 1. The maximum Gasteiger partial charge on any atom is 0.543 e. The number of hydrogen-bond donors (Lipinski definition) is 1. The minimum absolute atomic E-state index is 0.0838. The second kappa shape index (κ2) is 8.59. The van der Waals surface area contributed by atoms with Gasteiger partial charge in [0.2, 0.25) is 11.4 Å². The molecule has 0 aliphatic carbocycles. The normalized spacial score (nSPS) is 14.0. The Hall–Kier alpha value is -2.06. The lowest BCUT2D eigenvalue weighted by Crippen LogP contribution is -2.39. The average molecular weight is 479 g/mol. The number of carbonyl (C=O) groups excluding carboxylic acids is 1. The molecule has 2 aromatic rings. The Balaban J connectivity index is 2.06. The van der Waals surface area contributed by atoms with Crippen molar-refractivity contribution in [2.75, 3.05) is 0 Å². The summed E-state index contributed by atoms with van der Waals surface area (Å²) in [4.78, 5) is 15.7. The lowest BCUT2D eigenvalue weighted by molar-refractivity contribution is -0.393. The van der Waals surface area contributed by atoms with Gasteiger partial charge in [0, 0.05) is 21.7 Å². The molecule has 0 atom stereocenters. The highest BCUT2D eigenvalue weighted by molar-refractivity contribution is 6.36. The second-order valence-corrected chi connectivity index (χ2v) is 7.97. The summed E-state index contributed by atoms with van der Waals surface area (Å²) >= 11 is 18.5. The fourth-order valence-corrected chi connectivity index (χ4v) is 3.75. The van der Waals surface area contributed by atoms with E-state index < -0.39 is 12.3 Å². The average Bonchev–Trinajstić information content (AvgIpc) is 2.62. The Labute approximate surface area is 185 Å². The molecule has 1 N–H and O–H groups in total. The largest absolute Gasteiger partial charge is 0.543 e. The molecule has 0 spiro atoms. The van der Waals surface area contributed by atoms with E-state index in [1.807, 2.05) is 19.9 Å². The highest BCUT2D eigenvalue weighted by Crippen LogP contribution is 2.35. The van der Waals surface area contributed by atoms with Gasteiger partial charge in [-0.2, -0.15) is 4.84 Å². The fraction of sp³-hybridized carbons (Fsp3) is 0.200. The smallest absolute Gasteiger partial charge is 0.260 e. The van der Waals surface area contributed by atoms with Crippen LogP contribution in [0.25, 0.3) is 0 Å². The van der Waals surface area contributed by atoms with Crippen LogP contribution in [0.15, 0.2) is 48.2 Å². The molecule has 0 fully saturated rings. The van der Waals surface area contributed by atoms with Crippen molar-refractivity contribution in [3.8, 4) is 0 Å². The van der Waals surface area contributed by atoms with E-state index in [9.17, 15) is 18.0 Å². The minimum Gasteiger partial charge on any atom is -0.260 e. The Morgan fingerprint density at radius 1 is 1.07 bits per heavy atom. The Bertz CT molecular complexity index is 1080. The molecule has 0 saturated carbocycles. The first kappa shape index (κ1) is 22.6. The van der Waals surface area contributed by atoms with Gasteiger partial charge < -0.3 is 0 Å². The van der Waals surface area contributed by atoms with Gasteiger partial charge in [0.25, 0.3) is 5.70 Å². The molecule has 30 heavy (non-hydrogen) atoms. The van der Waals surface area contributed by atoms with Gasteiger partial charge in [-0.3, -0.25) is 4.79 Å². The molecular formula is C20H15Cl3F3N2O2+. The van der Waals surface area contributed by atoms with Crippen LogP contribution in [0.3, 0.4) is 0 Å². The van der Waals surface area contributed by atoms with Crippen molar-refractivity contribution in [3.05, 3.63) is 74.4 Å². The van der Waals surface area contributed by atoms with Crippen LogP contribution in [0.2, 0.25) is 15.1 Å². The first-order valence-corrected chi connectivity index (χ1v) is 9.80. The van der Waals surface area contributed by atoms with Gasteiger partial charge in [-0.25, -0.2) is 5.48 Å². The van der Waals surface area contributed by atoms with Crippen molar-refractivity contribution in [1.29, 1.82) is 0 Å². The number of benzene rings is 2. The fourth-order valence-electron chi connectivity index (χ4n) is 2.93. The van der Waals surface area contributed by atoms with Gasteiger partial charge >= 0.3 is 12.3 Å². The van der Waals surface area contributed by atoms with Gasteiger partial charge in [-0.15, -0.1) is 17.7 Å².